The number of hydrogen-bond donors (Lipinski definition) is 2. The number of anilines is 2. The van der Waals surface area contributed by atoms with E-state index in [0.717, 1.165) is 35.2 Å². The van der Waals surface area contributed by atoms with E-state index in [0.29, 0.717) is 0 Å². The van der Waals surface area contributed by atoms with Crippen molar-refractivity contribution >= 4 is 29.1 Å². The Balaban J connectivity index is 1.88. The number of nitrogens with zero attached hydrogens (tertiary/aromatic N) is 1. The predicted octanol–water partition coefficient (Wildman–Crippen LogP) is 4.80. The molecule has 0 aliphatic carbocycles. The van der Waals surface area contributed by atoms with E-state index in [2.05, 4.69) is 10.6 Å². The van der Waals surface area contributed by atoms with E-state index in [4.69, 9.17) is 0 Å². The van der Waals surface area contributed by atoms with E-state index in [-0.39, 0.29) is 23.5 Å². The molecule has 6 nitrogen and oxygen atoms in total. The molecule has 3 aromatic rings. The molecule has 0 saturated carbocycles. The van der Waals surface area contributed by atoms with Crippen LogP contribution in [0.25, 0.3) is 0 Å². The summed E-state index contributed by atoms with van der Waals surface area (Å²) >= 11 is 0. The van der Waals surface area contributed by atoms with Crippen molar-refractivity contribution in [1.82, 2.24) is 4.90 Å². The molecule has 1 fully saturated rings. The molecule has 3 aromatic carbocycles. The first-order chi connectivity index (χ1) is 17.5. The second-order valence-corrected chi connectivity index (χ2v) is 8.54. The van der Waals surface area contributed by atoms with Gasteiger partial charge in [-0.15, -0.1) is 0 Å². The number of para-hydroxylation sites is 2. The first kappa shape index (κ1) is 25.8. The number of alkyl halides is 3. The number of hydrogen-bond acceptors (Lipinski definition) is 3. The van der Waals surface area contributed by atoms with Crippen LogP contribution in [0.1, 0.15) is 17.0 Å². The van der Waals surface area contributed by atoms with Gasteiger partial charge in [0, 0.05) is 19.5 Å². The van der Waals surface area contributed by atoms with Crippen LogP contribution in [-0.2, 0) is 20.6 Å². The summed E-state index contributed by atoms with van der Waals surface area (Å²) < 4.78 is 69.1. The molecule has 1 unspecified atom stereocenters. The van der Waals surface area contributed by atoms with Gasteiger partial charge in [-0.05, 0) is 35.9 Å². The molecule has 1 saturated heterocycles. The SMILES string of the molecule is CN1CC(c2cccc(C(F)(F)F)c2)C(C(=O)Nc2ccccc2F)(C(=O)Nc2ccccc2F)C1=O. The zero-order valence-electron chi connectivity index (χ0n) is 19.3. The van der Waals surface area contributed by atoms with Gasteiger partial charge >= 0.3 is 6.18 Å². The van der Waals surface area contributed by atoms with E-state index >= 15 is 0 Å². The van der Waals surface area contributed by atoms with E-state index < -0.39 is 52.4 Å². The van der Waals surface area contributed by atoms with Crippen LogP contribution in [0.3, 0.4) is 0 Å². The summed E-state index contributed by atoms with van der Waals surface area (Å²) in [5.41, 5.74) is -4.57. The maximum absolute atomic E-state index is 14.4. The van der Waals surface area contributed by atoms with Gasteiger partial charge in [-0.3, -0.25) is 14.4 Å². The quantitative estimate of drug-likeness (QED) is 0.377. The summed E-state index contributed by atoms with van der Waals surface area (Å²) in [5.74, 6) is -6.75. The number of carbonyl (C=O) groups is 3. The molecule has 0 bridgehead atoms. The smallest absolute Gasteiger partial charge is 0.344 e. The fraction of sp³-hybridized carbons (Fsp3) is 0.192. The molecular formula is C26H20F5N3O3. The van der Waals surface area contributed by atoms with Gasteiger partial charge in [-0.1, -0.05) is 42.5 Å². The summed E-state index contributed by atoms with van der Waals surface area (Å²) in [4.78, 5) is 42.0. The maximum Gasteiger partial charge on any atom is 0.416 e. The van der Waals surface area contributed by atoms with Crippen molar-refractivity contribution in [2.75, 3.05) is 24.2 Å². The molecule has 1 aliphatic rings. The minimum atomic E-state index is -4.74. The monoisotopic (exact) mass is 517 g/mol. The van der Waals surface area contributed by atoms with E-state index in [1.165, 1.54) is 49.5 Å². The highest BCUT2D eigenvalue weighted by Gasteiger charge is 2.64. The number of amides is 3. The van der Waals surface area contributed by atoms with Gasteiger partial charge in [0.15, 0.2) is 0 Å². The Kier molecular flexibility index (Phi) is 6.72. The second-order valence-electron chi connectivity index (χ2n) is 8.54. The summed E-state index contributed by atoms with van der Waals surface area (Å²) in [6.45, 7) is -0.310. The molecule has 1 heterocycles. The predicted molar refractivity (Wildman–Crippen MR) is 124 cm³/mol. The molecule has 1 atom stereocenters. The molecule has 0 spiro atoms. The number of halogens is 5. The number of likely N-dealkylation sites (N-methyl/N-ethyl adjacent to an activating group) is 1. The highest BCUT2D eigenvalue weighted by atomic mass is 19.4. The number of benzene rings is 3. The highest BCUT2D eigenvalue weighted by molar-refractivity contribution is 6.30. The normalized spacial score (nSPS) is 17.0. The molecule has 0 aromatic heterocycles. The zero-order valence-corrected chi connectivity index (χ0v) is 19.3. The summed E-state index contributed by atoms with van der Waals surface area (Å²) in [5, 5.41) is 4.46. The largest absolute Gasteiger partial charge is 0.416 e. The van der Waals surface area contributed by atoms with E-state index in [1.54, 1.807) is 0 Å². The van der Waals surface area contributed by atoms with Crippen molar-refractivity contribution in [1.29, 1.82) is 0 Å². The van der Waals surface area contributed by atoms with Gasteiger partial charge in [0.05, 0.1) is 16.9 Å². The number of likely N-dealkylation sites (tertiary alicyclic amines) is 1. The molecule has 3 amide bonds. The standard InChI is InChI=1S/C26H20F5N3O3/c1-34-14-17(15-7-6-8-16(13-15)26(29,30)31)25(24(34)37,22(35)32-20-11-4-2-9-18(20)27)23(36)33-21-12-5-3-10-19(21)28/h2-13,17H,14H2,1H3,(H,32,35)(H,33,36). The van der Waals surface area contributed by atoms with Crippen LogP contribution in [0.4, 0.5) is 33.3 Å². The summed E-state index contributed by atoms with van der Waals surface area (Å²) in [6.07, 6.45) is -4.74. The average Bonchev–Trinajstić information content (AvgIpc) is 3.13. The van der Waals surface area contributed by atoms with Crippen LogP contribution in [0.2, 0.25) is 0 Å². The first-order valence-electron chi connectivity index (χ1n) is 11.0. The minimum absolute atomic E-state index is 0.125. The fourth-order valence-corrected chi connectivity index (χ4v) is 4.41. The number of rotatable bonds is 5. The van der Waals surface area contributed by atoms with Crippen LogP contribution in [0, 0.1) is 17.0 Å². The molecule has 4 rings (SSSR count). The van der Waals surface area contributed by atoms with E-state index in [1.807, 2.05) is 0 Å². The molecule has 37 heavy (non-hydrogen) atoms. The van der Waals surface area contributed by atoms with Crippen LogP contribution < -0.4 is 10.6 Å². The second kappa shape index (κ2) is 9.64. The lowest BCUT2D eigenvalue weighted by molar-refractivity contribution is -0.148. The van der Waals surface area contributed by atoms with Gasteiger partial charge in [-0.2, -0.15) is 13.2 Å². The zero-order chi connectivity index (χ0) is 27.0. The Hall–Kier alpha value is -4.28. The van der Waals surface area contributed by atoms with Gasteiger partial charge in [0.25, 0.3) is 11.8 Å². The topological polar surface area (TPSA) is 78.5 Å². The maximum atomic E-state index is 14.4. The summed E-state index contributed by atoms with van der Waals surface area (Å²) in [7, 11) is 1.28. The van der Waals surface area contributed by atoms with Crippen LogP contribution in [0.15, 0.2) is 72.8 Å². The van der Waals surface area contributed by atoms with Crippen molar-refractivity contribution < 1.29 is 36.3 Å². The molecule has 192 valence electrons. The van der Waals surface area contributed by atoms with Crippen LogP contribution in [0.5, 0.6) is 0 Å². The van der Waals surface area contributed by atoms with Gasteiger partial charge in [-0.25, -0.2) is 8.78 Å². The molecule has 1 aliphatic heterocycles. The lowest BCUT2D eigenvalue weighted by atomic mass is 9.71. The van der Waals surface area contributed by atoms with Crippen molar-refractivity contribution in [3.63, 3.8) is 0 Å². The van der Waals surface area contributed by atoms with Crippen molar-refractivity contribution in [2.24, 2.45) is 5.41 Å². The Labute approximate surface area is 208 Å². The molecule has 0 radical (unpaired) electrons. The lowest BCUT2D eigenvalue weighted by Crippen LogP contribution is -2.54. The van der Waals surface area contributed by atoms with Gasteiger partial charge < -0.3 is 15.5 Å². The van der Waals surface area contributed by atoms with Crippen molar-refractivity contribution in [3.05, 3.63) is 95.6 Å². The highest BCUT2D eigenvalue weighted by Crippen LogP contribution is 2.46. The Morgan fingerprint density at radius 2 is 1.38 bits per heavy atom. The third kappa shape index (κ3) is 4.64. The van der Waals surface area contributed by atoms with Crippen LogP contribution >= 0.6 is 0 Å². The molecule has 11 heteroatoms. The van der Waals surface area contributed by atoms with Gasteiger partial charge in [0.2, 0.25) is 11.3 Å². The van der Waals surface area contributed by atoms with Crippen molar-refractivity contribution in [2.45, 2.75) is 12.1 Å². The number of nitrogens with one attached hydrogen (secondary N) is 2. The number of carbonyl (C=O) groups excluding carboxylic acids is 3. The third-order valence-corrected chi connectivity index (χ3v) is 6.24. The minimum Gasteiger partial charge on any atom is -0.344 e. The molecule has 2 N–H and O–H groups in total. The van der Waals surface area contributed by atoms with Gasteiger partial charge in [0.1, 0.15) is 11.6 Å². The Morgan fingerprint density at radius 3 is 1.86 bits per heavy atom. The molecular weight excluding hydrogens is 497 g/mol. The summed E-state index contributed by atoms with van der Waals surface area (Å²) in [6, 6.07) is 13.9. The Morgan fingerprint density at radius 1 is 0.865 bits per heavy atom. The first-order valence-corrected chi connectivity index (χ1v) is 11.0. The van der Waals surface area contributed by atoms with Crippen LogP contribution in [-0.4, -0.2) is 36.2 Å². The van der Waals surface area contributed by atoms with Crippen molar-refractivity contribution in [3.8, 4) is 0 Å². The van der Waals surface area contributed by atoms with E-state index in [9.17, 15) is 36.3 Å². The third-order valence-electron chi connectivity index (χ3n) is 6.24. The average molecular weight is 517 g/mol. The Bertz CT molecular complexity index is 1320. The lowest BCUT2D eigenvalue weighted by Gasteiger charge is -2.31. The fourth-order valence-electron chi connectivity index (χ4n) is 4.41.